The Kier molecular flexibility index (Phi) is 4.96. The number of nitrogens with zero attached hydrogens (tertiary/aromatic N) is 5. The molecule has 1 aliphatic rings. The van der Waals surface area contributed by atoms with Crippen LogP contribution in [0.1, 0.15) is 11.3 Å². The summed E-state index contributed by atoms with van der Waals surface area (Å²) in [6, 6.07) is 4.52. The van der Waals surface area contributed by atoms with Crippen molar-refractivity contribution in [2.45, 2.75) is 19.9 Å². The zero-order valence-corrected chi connectivity index (χ0v) is 16.0. The van der Waals surface area contributed by atoms with E-state index in [0.717, 1.165) is 65.5 Å². The Bertz CT molecular complexity index is 956. The summed E-state index contributed by atoms with van der Waals surface area (Å²) >= 11 is 0. The van der Waals surface area contributed by atoms with E-state index in [0.29, 0.717) is 6.04 Å². The van der Waals surface area contributed by atoms with Crippen LogP contribution in [0.15, 0.2) is 30.7 Å². The van der Waals surface area contributed by atoms with Gasteiger partial charge in [0.1, 0.15) is 5.52 Å². The summed E-state index contributed by atoms with van der Waals surface area (Å²) in [7, 11) is 2.16. The Morgan fingerprint density at radius 3 is 2.85 bits per heavy atom. The number of aromatic nitrogens is 4. The molecule has 140 valence electrons. The SMILES string of the molecule is Cc1cc(-c2cc3nccnc3c(NC[C@H]3CNCCN3C)n2)cnc1C. The van der Waals surface area contributed by atoms with Gasteiger partial charge in [-0.2, -0.15) is 0 Å². The number of likely N-dealkylation sites (N-methyl/N-ethyl adjacent to an activating group) is 1. The molecule has 4 rings (SSSR count). The van der Waals surface area contributed by atoms with Crippen molar-refractivity contribution in [3.05, 3.63) is 42.0 Å². The predicted octanol–water partition coefficient (Wildman–Crippen LogP) is 2.02. The fraction of sp³-hybridized carbons (Fsp3) is 0.400. The highest BCUT2D eigenvalue weighted by Crippen LogP contribution is 2.26. The smallest absolute Gasteiger partial charge is 0.154 e. The molecule has 1 fully saturated rings. The van der Waals surface area contributed by atoms with Gasteiger partial charge in [0, 0.05) is 62.1 Å². The highest BCUT2D eigenvalue weighted by Gasteiger charge is 2.19. The molecular weight excluding hydrogens is 338 g/mol. The highest BCUT2D eigenvalue weighted by molar-refractivity contribution is 5.88. The van der Waals surface area contributed by atoms with E-state index in [1.54, 1.807) is 12.4 Å². The van der Waals surface area contributed by atoms with Crippen LogP contribution in [0.25, 0.3) is 22.3 Å². The second kappa shape index (κ2) is 7.54. The van der Waals surface area contributed by atoms with Crippen molar-refractivity contribution in [3.8, 4) is 11.3 Å². The molecule has 1 atom stereocenters. The zero-order chi connectivity index (χ0) is 18.8. The molecule has 27 heavy (non-hydrogen) atoms. The van der Waals surface area contributed by atoms with Gasteiger partial charge in [-0.3, -0.25) is 14.9 Å². The van der Waals surface area contributed by atoms with Crippen molar-refractivity contribution in [2.75, 3.05) is 38.5 Å². The minimum atomic E-state index is 0.416. The molecule has 7 nitrogen and oxygen atoms in total. The van der Waals surface area contributed by atoms with Crippen LogP contribution in [0.4, 0.5) is 5.82 Å². The lowest BCUT2D eigenvalue weighted by molar-refractivity contribution is 0.209. The van der Waals surface area contributed by atoms with Gasteiger partial charge in [0.05, 0.1) is 11.2 Å². The van der Waals surface area contributed by atoms with Gasteiger partial charge >= 0.3 is 0 Å². The first kappa shape index (κ1) is 17.8. The molecule has 7 heteroatoms. The van der Waals surface area contributed by atoms with Gasteiger partial charge in [-0.15, -0.1) is 0 Å². The average Bonchev–Trinajstić information content (AvgIpc) is 2.69. The van der Waals surface area contributed by atoms with Gasteiger partial charge in [0.2, 0.25) is 0 Å². The summed E-state index contributed by atoms with van der Waals surface area (Å²) in [6.07, 6.45) is 5.30. The average molecular weight is 363 g/mol. The normalized spacial score (nSPS) is 18.0. The van der Waals surface area contributed by atoms with Gasteiger partial charge in [-0.05, 0) is 38.6 Å². The van der Waals surface area contributed by atoms with E-state index in [2.05, 4.69) is 50.5 Å². The van der Waals surface area contributed by atoms with Crippen molar-refractivity contribution < 1.29 is 0 Å². The molecule has 0 amide bonds. The summed E-state index contributed by atoms with van der Waals surface area (Å²) < 4.78 is 0. The Labute approximate surface area is 159 Å². The van der Waals surface area contributed by atoms with Gasteiger partial charge in [0.15, 0.2) is 5.82 Å². The van der Waals surface area contributed by atoms with Gasteiger partial charge in [0.25, 0.3) is 0 Å². The van der Waals surface area contributed by atoms with Crippen molar-refractivity contribution in [3.63, 3.8) is 0 Å². The molecule has 0 spiro atoms. The second-order valence-corrected chi connectivity index (χ2v) is 7.13. The first-order chi connectivity index (χ1) is 13.1. The Balaban J connectivity index is 1.69. The largest absolute Gasteiger partial charge is 0.367 e. The number of piperazine rings is 1. The number of hydrogen-bond acceptors (Lipinski definition) is 7. The molecule has 0 aliphatic carbocycles. The van der Waals surface area contributed by atoms with Crippen LogP contribution >= 0.6 is 0 Å². The minimum Gasteiger partial charge on any atom is -0.367 e. The third-order valence-electron chi connectivity index (χ3n) is 5.24. The van der Waals surface area contributed by atoms with E-state index in [-0.39, 0.29) is 0 Å². The van der Waals surface area contributed by atoms with Crippen LogP contribution in [0.2, 0.25) is 0 Å². The van der Waals surface area contributed by atoms with E-state index in [1.165, 1.54) is 0 Å². The molecule has 0 unspecified atom stereocenters. The molecule has 4 heterocycles. The van der Waals surface area contributed by atoms with Crippen LogP contribution in [-0.4, -0.2) is 64.1 Å². The molecule has 3 aromatic heterocycles. The highest BCUT2D eigenvalue weighted by atomic mass is 15.2. The maximum atomic E-state index is 4.86. The van der Waals surface area contributed by atoms with Gasteiger partial charge in [-0.25, -0.2) is 9.97 Å². The first-order valence-corrected chi connectivity index (χ1v) is 9.32. The number of pyridine rings is 2. The summed E-state index contributed by atoms with van der Waals surface area (Å²) in [5, 5.41) is 6.96. The molecule has 2 N–H and O–H groups in total. The van der Waals surface area contributed by atoms with Crippen LogP contribution in [0.3, 0.4) is 0 Å². The monoisotopic (exact) mass is 363 g/mol. The minimum absolute atomic E-state index is 0.416. The summed E-state index contributed by atoms with van der Waals surface area (Å²) in [4.78, 5) is 20.7. The quantitative estimate of drug-likeness (QED) is 0.734. The molecule has 0 bridgehead atoms. The molecule has 1 saturated heterocycles. The number of hydrogen-bond donors (Lipinski definition) is 2. The molecule has 1 aliphatic heterocycles. The maximum absolute atomic E-state index is 4.86. The summed E-state index contributed by atoms with van der Waals surface area (Å²) in [5.41, 5.74) is 5.66. The lowest BCUT2D eigenvalue weighted by Gasteiger charge is -2.33. The van der Waals surface area contributed by atoms with Crippen molar-refractivity contribution >= 4 is 16.9 Å². The van der Waals surface area contributed by atoms with Crippen molar-refractivity contribution in [2.24, 2.45) is 0 Å². The van der Waals surface area contributed by atoms with E-state index in [1.807, 2.05) is 19.2 Å². The van der Waals surface area contributed by atoms with Crippen molar-refractivity contribution in [1.82, 2.24) is 30.2 Å². The van der Waals surface area contributed by atoms with E-state index < -0.39 is 0 Å². The fourth-order valence-corrected chi connectivity index (χ4v) is 3.33. The van der Waals surface area contributed by atoms with Crippen LogP contribution in [0, 0.1) is 13.8 Å². The lowest BCUT2D eigenvalue weighted by Crippen LogP contribution is -2.52. The Morgan fingerprint density at radius 2 is 2.04 bits per heavy atom. The molecule has 0 saturated carbocycles. The fourth-order valence-electron chi connectivity index (χ4n) is 3.33. The van der Waals surface area contributed by atoms with E-state index in [9.17, 15) is 0 Å². The van der Waals surface area contributed by atoms with Gasteiger partial charge < -0.3 is 10.6 Å². The topological polar surface area (TPSA) is 78.9 Å². The third kappa shape index (κ3) is 3.74. The number of rotatable bonds is 4. The van der Waals surface area contributed by atoms with Gasteiger partial charge in [-0.1, -0.05) is 0 Å². The maximum Gasteiger partial charge on any atom is 0.154 e. The number of aryl methyl sites for hydroxylation is 2. The van der Waals surface area contributed by atoms with E-state index >= 15 is 0 Å². The lowest BCUT2D eigenvalue weighted by atomic mass is 10.1. The van der Waals surface area contributed by atoms with Crippen LogP contribution < -0.4 is 10.6 Å². The standard InChI is InChI=1S/C20H25N7/c1-13-8-15(10-24-14(13)2)17-9-18-19(23-5-4-22-18)20(26-17)25-12-16-11-21-6-7-27(16)3/h4-5,8-10,16,21H,6-7,11-12H2,1-3H3,(H,25,26)/t16-/m1/s1. The number of fused-ring (bicyclic) bond motifs is 1. The van der Waals surface area contributed by atoms with Crippen LogP contribution in [0.5, 0.6) is 0 Å². The van der Waals surface area contributed by atoms with E-state index in [4.69, 9.17) is 4.98 Å². The predicted molar refractivity (Wildman–Crippen MR) is 108 cm³/mol. The molecule has 0 radical (unpaired) electrons. The molecular formula is C20H25N7. The summed E-state index contributed by atoms with van der Waals surface area (Å²) in [5.74, 6) is 0.771. The first-order valence-electron chi connectivity index (χ1n) is 9.32. The Morgan fingerprint density at radius 1 is 1.19 bits per heavy atom. The molecule has 3 aromatic rings. The summed E-state index contributed by atoms with van der Waals surface area (Å²) in [6.45, 7) is 7.94. The molecule has 0 aromatic carbocycles. The zero-order valence-electron chi connectivity index (χ0n) is 16.0. The van der Waals surface area contributed by atoms with Crippen LogP contribution in [-0.2, 0) is 0 Å². The number of nitrogens with one attached hydrogen (secondary N) is 2. The Hall–Kier alpha value is -2.64. The second-order valence-electron chi connectivity index (χ2n) is 7.13. The number of anilines is 1. The van der Waals surface area contributed by atoms with Crippen molar-refractivity contribution in [1.29, 1.82) is 0 Å². The third-order valence-corrected chi connectivity index (χ3v) is 5.24.